The van der Waals surface area contributed by atoms with Gasteiger partial charge in [-0.3, -0.25) is 14.9 Å². The molecule has 0 radical (unpaired) electrons. The lowest BCUT2D eigenvalue weighted by Crippen LogP contribution is -2.59. The lowest BCUT2D eigenvalue weighted by Gasteiger charge is -2.47. The predicted octanol–water partition coefficient (Wildman–Crippen LogP) is 3.10. The van der Waals surface area contributed by atoms with E-state index in [0.29, 0.717) is 30.6 Å². The minimum atomic E-state index is -0.0277. The number of anilines is 1. The Morgan fingerprint density at radius 1 is 1.19 bits per heavy atom. The minimum Gasteiger partial charge on any atom is -0.457 e. The molecule has 0 aliphatic carbocycles. The first-order chi connectivity index (χ1) is 17.4. The van der Waals surface area contributed by atoms with Gasteiger partial charge in [-0.25, -0.2) is 0 Å². The first-order valence-electron chi connectivity index (χ1n) is 11.7. The number of likely N-dealkylation sites (tertiary alicyclic amines) is 1. The van der Waals surface area contributed by atoms with Crippen molar-refractivity contribution in [2.24, 2.45) is 10.4 Å². The van der Waals surface area contributed by atoms with Crippen molar-refractivity contribution in [1.29, 1.82) is 0 Å². The van der Waals surface area contributed by atoms with Crippen molar-refractivity contribution >= 4 is 28.5 Å². The largest absolute Gasteiger partial charge is 0.457 e. The molecule has 1 spiro atoms. The Kier molecular flexibility index (Phi) is 6.09. The van der Waals surface area contributed by atoms with Crippen LogP contribution in [0.4, 0.5) is 5.95 Å². The standard InChI is InChI=1S/C26H28N8O2/c1-5-18(27-7-3)13-36-25-30-23(22-17(4)8-9-20-19(22)12-28-32-20)29-24(31-25)33-11-10-26(14-33)15-34(16-26)21(35)6-2/h5-9,12H,1-3,10-11,13-16H2,4H3,(H,28,32). The van der Waals surface area contributed by atoms with E-state index in [2.05, 4.69) is 49.8 Å². The highest BCUT2D eigenvalue weighted by atomic mass is 16.5. The second-order valence-corrected chi connectivity index (χ2v) is 9.20. The van der Waals surface area contributed by atoms with E-state index in [1.165, 1.54) is 12.3 Å². The van der Waals surface area contributed by atoms with Crippen LogP contribution in [0.25, 0.3) is 22.3 Å². The molecule has 0 saturated carbocycles. The molecule has 184 valence electrons. The van der Waals surface area contributed by atoms with Crippen LogP contribution in [-0.4, -0.2) is 74.5 Å². The third kappa shape index (κ3) is 4.26. The number of ether oxygens (including phenoxy) is 1. The molecule has 10 nitrogen and oxygen atoms in total. The van der Waals surface area contributed by atoms with E-state index >= 15 is 0 Å². The molecular weight excluding hydrogens is 456 g/mol. The molecule has 0 atom stereocenters. The van der Waals surface area contributed by atoms with Crippen LogP contribution in [0, 0.1) is 12.3 Å². The summed E-state index contributed by atoms with van der Waals surface area (Å²) in [5, 5.41) is 8.13. The van der Waals surface area contributed by atoms with Gasteiger partial charge >= 0.3 is 6.01 Å². The SMILES string of the molecule is C=CN=C(C=C)COc1nc(-c2c(C)ccc3[nH]ncc23)nc(N2CCC3(CN(C(=O)C=C)C3)C2)n1. The number of benzene rings is 1. The minimum absolute atomic E-state index is 0.0277. The monoisotopic (exact) mass is 484 g/mol. The predicted molar refractivity (Wildman–Crippen MR) is 139 cm³/mol. The molecule has 1 amide bonds. The van der Waals surface area contributed by atoms with Crippen molar-refractivity contribution in [3.8, 4) is 17.4 Å². The van der Waals surface area contributed by atoms with Crippen LogP contribution in [0.1, 0.15) is 12.0 Å². The van der Waals surface area contributed by atoms with Gasteiger partial charge in [0.15, 0.2) is 5.82 Å². The highest BCUT2D eigenvalue weighted by Crippen LogP contribution is 2.41. The van der Waals surface area contributed by atoms with Crippen molar-refractivity contribution in [1.82, 2.24) is 30.0 Å². The topological polar surface area (TPSA) is 112 Å². The molecule has 4 heterocycles. The van der Waals surface area contributed by atoms with Crippen molar-refractivity contribution < 1.29 is 9.53 Å². The molecule has 0 bridgehead atoms. The number of hydrogen-bond acceptors (Lipinski definition) is 8. The normalized spacial score (nSPS) is 16.8. The van der Waals surface area contributed by atoms with Gasteiger partial charge < -0.3 is 14.5 Å². The maximum atomic E-state index is 12.0. The summed E-state index contributed by atoms with van der Waals surface area (Å²) >= 11 is 0. The number of aryl methyl sites for hydroxylation is 1. The number of fused-ring (bicyclic) bond motifs is 1. The van der Waals surface area contributed by atoms with E-state index in [4.69, 9.17) is 9.72 Å². The molecule has 1 aromatic carbocycles. The van der Waals surface area contributed by atoms with Crippen molar-refractivity contribution in [2.45, 2.75) is 13.3 Å². The van der Waals surface area contributed by atoms with Crippen LogP contribution in [0.3, 0.4) is 0 Å². The molecule has 0 unspecified atom stereocenters. The summed E-state index contributed by atoms with van der Waals surface area (Å²) in [4.78, 5) is 34.3. The van der Waals surface area contributed by atoms with Gasteiger partial charge in [0, 0.05) is 48.7 Å². The summed E-state index contributed by atoms with van der Waals surface area (Å²) < 4.78 is 5.94. The third-order valence-electron chi connectivity index (χ3n) is 6.76. The van der Waals surface area contributed by atoms with Crippen molar-refractivity contribution in [3.05, 3.63) is 62.0 Å². The van der Waals surface area contributed by atoms with Crippen molar-refractivity contribution in [3.63, 3.8) is 0 Å². The van der Waals surface area contributed by atoms with Crippen LogP contribution in [0.5, 0.6) is 6.01 Å². The highest BCUT2D eigenvalue weighted by molar-refractivity contribution is 5.96. The lowest BCUT2D eigenvalue weighted by molar-refractivity contribution is -0.136. The molecule has 10 heteroatoms. The Morgan fingerprint density at radius 3 is 2.78 bits per heavy atom. The fourth-order valence-corrected chi connectivity index (χ4v) is 4.90. The molecule has 5 rings (SSSR count). The average Bonchev–Trinajstić information content (AvgIpc) is 3.53. The fraction of sp³-hybridized carbons (Fsp3) is 0.308. The molecule has 2 aliphatic rings. The molecule has 36 heavy (non-hydrogen) atoms. The Hall–Kier alpha value is -4.34. The zero-order chi connectivity index (χ0) is 25.3. The molecule has 2 saturated heterocycles. The first-order valence-corrected chi connectivity index (χ1v) is 11.7. The number of aliphatic imine (C=N–C) groups is 1. The average molecular weight is 485 g/mol. The Morgan fingerprint density at radius 2 is 2.03 bits per heavy atom. The maximum Gasteiger partial charge on any atom is 0.322 e. The van der Waals surface area contributed by atoms with E-state index in [-0.39, 0.29) is 23.9 Å². The maximum absolute atomic E-state index is 12.0. The second-order valence-electron chi connectivity index (χ2n) is 9.20. The second kappa shape index (κ2) is 9.37. The fourth-order valence-electron chi connectivity index (χ4n) is 4.90. The smallest absolute Gasteiger partial charge is 0.322 e. The first kappa shape index (κ1) is 23.4. The van der Waals surface area contributed by atoms with E-state index in [9.17, 15) is 4.79 Å². The van der Waals surface area contributed by atoms with Gasteiger partial charge in [-0.05, 0) is 37.1 Å². The number of hydrogen-bond donors (Lipinski definition) is 1. The Bertz CT molecular complexity index is 1390. The zero-order valence-electron chi connectivity index (χ0n) is 20.3. The number of H-pyrrole nitrogens is 1. The summed E-state index contributed by atoms with van der Waals surface area (Å²) in [6.07, 6.45) is 7.15. The zero-order valence-corrected chi connectivity index (χ0v) is 20.3. The summed E-state index contributed by atoms with van der Waals surface area (Å²) in [5.41, 5.74) is 3.44. The number of rotatable bonds is 8. The molecule has 2 aromatic heterocycles. The van der Waals surface area contributed by atoms with Crippen molar-refractivity contribution in [2.75, 3.05) is 37.7 Å². The van der Waals surface area contributed by atoms with E-state index < -0.39 is 0 Å². The van der Waals surface area contributed by atoms with Crippen LogP contribution >= 0.6 is 0 Å². The number of aromatic amines is 1. The van der Waals surface area contributed by atoms with Crippen LogP contribution in [0.15, 0.2) is 61.4 Å². The summed E-state index contributed by atoms with van der Waals surface area (Å²) in [5.74, 6) is 1.03. The number of carbonyl (C=O) groups excluding carboxylic acids is 1. The number of amides is 1. The van der Waals surface area contributed by atoms with Gasteiger partial charge in [-0.1, -0.05) is 25.8 Å². The van der Waals surface area contributed by atoms with E-state index in [1.54, 1.807) is 12.3 Å². The quantitative estimate of drug-likeness (QED) is 0.386. The molecular formula is C26H28N8O2. The molecule has 2 aliphatic heterocycles. The van der Waals surface area contributed by atoms with Gasteiger partial charge in [0.25, 0.3) is 0 Å². The van der Waals surface area contributed by atoms with Crippen LogP contribution < -0.4 is 9.64 Å². The lowest BCUT2D eigenvalue weighted by atomic mass is 9.79. The van der Waals surface area contributed by atoms with Gasteiger partial charge in [0.1, 0.15) is 6.61 Å². The van der Waals surface area contributed by atoms with Crippen LogP contribution in [-0.2, 0) is 4.79 Å². The van der Waals surface area contributed by atoms with E-state index in [1.807, 2.05) is 24.0 Å². The summed E-state index contributed by atoms with van der Waals surface area (Å²) in [6.45, 7) is 16.1. The van der Waals surface area contributed by atoms with Gasteiger partial charge in [0.05, 0.1) is 17.4 Å². The third-order valence-corrected chi connectivity index (χ3v) is 6.76. The summed E-state index contributed by atoms with van der Waals surface area (Å²) in [6, 6.07) is 4.20. The molecule has 1 N–H and O–H groups in total. The number of carbonyl (C=O) groups is 1. The van der Waals surface area contributed by atoms with Crippen LogP contribution in [0.2, 0.25) is 0 Å². The van der Waals surface area contributed by atoms with Gasteiger partial charge in [-0.15, -0.1) is 0 Å². The van der Waals surface area contributed by atoms with Gasteiger partial charge in [-0.2, -0.15) is 20.1 Å². The summed E-state index contributed by atoms with van der Waals surface area (Å²) in [7, 11) is 0. The van der Waals surface area contributed by atoms with Gasteiger partial charge in [0.2, 0.25) is 11.9 Å². The highest BCUT2D eigenvalue weighted by Gasteiger charge is 2.49. The Balaban J connectivity index is 1.49. The molecule has 2 fully saturated rings. The molecule has 3 aromatic rings. The number of nitrogens with zero attached hydrogens (tertiary/aromatic N) is 7. The Labute approximate surface area is 209 Å². The number of nitrogens with one attached hydrogen (secondary N) is 1. The van der Waals surface area contributed by atoms with E-state index in [0.717, 1.165) is 41.5 Å². The number of aromatic nitrogens is 5.